The normalized spacial score (nSPS) is 11.4. The van der Waals surface area contributed by atoms with Crippen molar-refractivity contribution >= 4 is 37.9 Å². The summed E-state index contributed by atoms with van der Waals surface area (Å²) in [7, 11) is 0. The highest BCUT2D eigenvalue weighted by Crippen LogP contribution is 2.24. The van der Waals surface area contributed by atoms with Crippen molar-refractivity contribution in [3.8, 4) is 0 Å². The van der Waals surface area contributed by atoms with Gasteiger partial charge in [-0.05, 0) is 35.9 Å². The number of benzene rings is 2. The molecule has 4 aromatic rings. The van der Waals surface area contributed by atoms with E-state index in [0.717, 1.165) is 20.9 Å². The van der Waals surface area contributed by atoms with Crippen LogP contribution >= 0.6 is 15.9 Å². The van der Waals surface area contributed by atoms with Crippen molar-refractivity contribution in [3.05, 3.63) is 75.0 Å². The van der Waals surface area contributed by atoms with Gasteiger partial charge in [-0.1, -0.05) is 28.1 Å². The lowest BCUT2D eigenvalue weighted by atomic mass is 10.2. The summed E-state index contributed by atoms with van der Waals surface area (Å²) in [4.78, 5) is 20.2. The maximum Gasteiger partial charge on any atom is 0.277 e. The van der Waals surface area contributed by atoms with E-state index in [1.165, 1.54) is 23.0 Å². The van der Waals surface area contributed by atoms with Gasteiger partial charge in [-0.15, -0.1) is 0 Å². The third kappa shape index (κ3) is 2.45. The van der Waals surface area contributed by atoms with E-state index in [-0.39, 0.29) is 11.4 Å². The van der Waals surface area contributed by atoms with Crippen LogP contribution in [0.25, 0.3) is 21.9 Å². The summed E-state index contributed by atoms with van der Waals surface area (Å²) in [6, 6.07) is 11.8. The Balaban J connectivity index is 1.86. The fraction of sp³-hybridized carbons (Fsp3) is 0.0588. The highest BCUT2D eigenvalue weighted by atomic mass is 79.9. The highest BCUT2D eigenvalue weighted by molar-refractivity contribution is 9.10. The predicted molar refractivity (Wildman–Crippen MR) is 91.1 cm³/mol. The molecule has 1 N–H and O–H groups in total. The molecule has 0 spiro atoms. The third-order valence-electron chi connectivity index (χ3n) is 3.80. The number of aromatic amines is 1. The molecule has 4 rings (SSSR count). The molecule has 2 heterocycles. The molecule has 0 aliphatic carbocycles. The van der Waals surface area contributed by atoms with Gasteiger partial charge in [-0.25, -0.2) is 9.37 Å². The van der Waals surface area contributed by atoms with Crippen molar-refractivity contribution in [2.24, 2.45) is 0 Å². The van der Waals surface area contributed by atoms with Crippen molar-refractivity contribution in [2.75, 3.05) is 0 Å². The summed E-state index contributed by atoms with van der Waals surface area (Å²) in [6.45, 7) is 0.348. The van der Waals surface area contributed by atoms with Gasteiger partial charge in [-0.3, -0.25) is 9.36 Å². The van der Waals surface area contributed by atoms with Crippen LogP contribution in [0.1, 0.15) is 5.56 Å². The molecular weight excluding hydrogens is 361 g/mol. The quantitative estimate of drug-likeness (QED) is 0.582. The predicted octanol–water partition coefficient (Wildman–Crippen LogP) is 3.83. The smallest absolute Gasteiger partial charge is 0.277 e. The van der Waals surface area contributed by atoms with Gasteiger partial charge in [0, 0.05) is 15.4 Å². The van der Waals surface area contributed by atoms with Crippen LogP contribution in [0, 0.1) is 5.82 Å². The van der Waals surface area contributed by atoms with E-state index >= 15 is 0 Å². The average molecular weight is 372 g/mol. The Kier molecular flexibility index (Phi) is 3.27. The first-order valence-electron chi connectivity index (χ1n) is 7.02. The zero-order valence-corrected chi connectivity index (χ0v) is 13.5. The standard InChI is InChI=1S/C17H11BrFN3O/c18-11-3-6-14-13(7-11)15-16(21-14)17(23)22(9-20-15)8-10-1-4-12(19)5-2-10/h1-7,9,21H,8H2. The molecule has 0 aliphatic rings. The van der Waals surface area contributed by atoms with E-state index in [2.05, 4.69) is 25.9 Å². The van der Waals surface area contributed by atoms with Gasteiger partial charge in [0.2, 0.25) is 0 Å². The number of rotatable bonds is 2. The molecule has 114 valence electrons. The summed E-state index contributed by atoms with van der Waals surface area (Å²) in [5.74, 6) is -0.295. The van der Waals surface area contributed by atoms with Crippen LogP contribution in [0.2, 0.25) is 0 Å². The first-order valence-corrected chi connectivity index (χ1v) is 7.82. The van der Waals surface area contributed by atoms with Crippen LogP contribution in [0.15, 0.2) is 58.1 Å². The maximum atomic E-state index is 13.0. The van der Waals surface area contributed by atoms with Gasteiger partial charge in [0.1, 0.15) is 16.9 Å². The second-order valence-corrected chi connectivity index (χ2v) is 6.26. The number of aromatic nitrogens is 3. The number of H-pyrrole nitrogens is 1. The number of fused-ring (bicyclic) bond motifs is 3. The van der Waals surface area contributed by atoms with Crippen LogP contribution in [0.4, 0.5) is 4.39 Å². The van der Waals surface area contributed by atoms with E-state index in [4.69, 9.17) is 0 Å². The molecule has 0 saturated heterocycles. The fourth-order valence-electron chi connectivity index (χ4n) is 2.66. The third-order valence-corrected chi connectivity index (χ3v) is 4.29. The van der Waals surface area contributed by atoms with Crippen molar-refractivity contribution in [1.29, 1.82) is 0 Å². The number of hydrogen-bond acceptors (Lipinski definition) is 2. The number of nitrogens with one attached hydrogen (secondary N) is 1. The molecule has 0 aliphatic heterocycles. The second-order valence-electron chi connectivity index (χ2n) is 5.34. The van der Waals surface area contributed by atoms with E-state index < -0.39 is 0 Å². The summed E-state index contributed by atoms with van der Waals surface area (Å²) in [5, 5.41) is 0.903. The Bertz CT molecular complexity index is 1080. The lowest BCUT2D eigenvalue weighted by Gasteiger charge is -2.05. The zero-order valence-electron chi connectivity index (χ0n) is 11.9. The van der Waals surface area contributed by atoms with Gasteiger partial charge < -0.3 is 4.98 Å². The molecule has 0 unspecified atom stereocenters. The van der Waals surface area contributed by atoms with Gasteiger partial charge in [0.05, 0.1) is 12.9 Å². The molecule has 2 aromatic heterocycles. The summed E-state index contributed by atoms with van der Waals surface area (Å²) in [6.07, 6.45) is 1.53. The van der Waals surface area contributed by atoms with Crippen LogP contribution in [0.5, 0.6) is 0 Å². The van der Waals surface area contributed by atoms with Crippen molar-refractivity contribution in [3.63, 3.8) is 0 Å². The minimum absolute atomic E-state index is 0.147. The largest absolute Gasteiger partial charge is 0.349 e. The molecular formula is C17H11BrFN3O. The van der Waals surface area contributed by atoms with Gasteiger partial charge in [0.15, 0.2) is 0 Å². The highest BCUT2D eigenvalue weighted by Gasteiger charge is 2.11. The monoisotopic (exact) mass is 371 g/mol. The summed E-state index contributed by atoms with van der Waals surface area (Å²) < 4.78 is 15.4. The molecule has 0 bridgehead atoms. The molecule has 4 nitrogen and oxygen atoms in total. The van der Waals surface area contributed by atoms with Crippen molar-refractivity contribution in [2.45, 2.75) is 6.54 Å². The molecule has 0 fully saturated rings. The summed E-state index contributed by atoms with van der Waals surface area (Å²) >= 11 is 3.43. The Morgan fingerprint density at radius 1 is 1.17 bits per heavy atom. The van der Waals surface area contributed by atoms with E-state index in [1.54, 1.807) is 12.1 Å². The Morgan fingerprint density at radius 2 is 1.96 bits per heavy atom. The van der Waals surface area contributed by atoms with Crippen molar-refractivity contribution in [1.82, 2.24) is 14.5 Å². The first-order chi connectivity index (χ1) is 11.1. The van der Waals surface area contributed by atoms with Crippen LogP contribution in [-0.2, 0) is 6.54 Å². The van der Waals surface area contributed by atoms with Crippen LogP contribution in [-0.4, -0.2) is 14.5 Å². The van der Waals surface area contributed by atoms with Gasteiger partial charge in [-0.2, -0.15) is 0 Å². The van der Waals surface area contributed by atoms with Gasteiger partial charge >= 0.3 is 0 Å². The van der Waals surface area contributed by atoms with E-state index in [1.807, 2.05) is 18.2 Å². The lowest BCUT2D eigenvalue weighted by molar-refractivity contribution is 0.626. The topological polar surface area (TPSA) is 50.7 Å². The lowest BCUT2D eigenvalue weighted by Crippen LogP contribution is -2.21. The number of nitrogens with zero attached hydrogens (tertiary/aromatic N) is 2. The van der Waals surface area contributed by atoms with E-state index in [0.29, 0.717) is 17.6 Å². The van der Waals surface area contributed by atoms with Crippen LogP contribution in [0.3, 0.4) is 0 Å². The summed E-state index contributed by atoms with van der Waals surface area (Å²) in [5.41, 5.74) is 2.69. The zero-order chi connectivity index (χ0) is 16.0. The first kappa shape index (κ1) is 14.1. The fourth-order valence-corrected chi connectivity index (χ4v) is 3.02. The van der Waals surface area contributed by atoms with Crippen LogP contribution < -0.4 is 5.56 Å². The molecule has 0 amide bonds. The second kappa shape index (κ2) is 5.31. The SMILES string of the molecule is O=c1c2[nH]c3ccc(Br)cc3c2ncn1Cc1ccc(F)cc1. The molecule has 6 heteroatoms. The Hall–Kier alpha value is -2.47. The minimum Gasteiger partial charge on any atom is -0.349 e. The van der Waals surface area contributed by atoms with Gasteiger partial charge in [0.25, 0.3) is 5.56 Å². The number of halogens is 2. The molecule has 2 aromatic carbocycles. The Morgan fingerprint density at radius 3 is 2.74 bits per heavy atom. The van der Waals surface area contributed by atoms with Crippen molar-refractivity contribution < 1.29 is 4.39 Å². The molecule has 23 heavy (non-hydrogen) atoms. The minimum atomic E-state index is -0.295. The molecule has 0 radical (unpaired) electrons. The average Bonchev–Trinajstić information content (AvgIpc) is 2.91. The molecule has 0 atom stereocenters. The maximum absolute atomic E-state index is 13.0. The Labute approximate surface area is 138 Å². The number of hydrogen-bond donors (Lipinski definition) is 1. The molecule has 0 saturated carbocycles. The van der Waals surface area contributed by atoms with E-state index in [9.17, 15) is 9.18 Å².